The van der Waals surface area contributed by atoms with Gasteiger partial charge >= 0.3 is 12.0 Å². The first-order valence-corrected chi connectivity index (χ1v) is 17.2. The van der Waals surface area contributed by atoms with Crippen molar-refractivity contribution in [1.29, 1.82) is 0 Å². The van der Waals surface area contributed by atoms with Crippen molar-refractivity contribution in [3.05, 3.63) is 72.8 Å². The second-order valence-corrected chi connectivity index (χ2v) is 14.2. The van der Waals surface area contributed by atoms with Crippen LogP contribution in [-0.2, 0) is 0 Å². The maximum Gasteiger partial charge on any atom is 0.346 e. The zero-order valence-corrected chi connectivity index (χ0v) is 27.7. The SMILES string of the molecule is C=Cc1c(F)ccc2cc(O)cc(-c3ccc4c(N5CCC6(CCN6C(=O)n6cncn6)C5)nc(OC[C@@]56CCCN5CC(F)C6)nc4c3F)c12. The van der Waals surface area contributed by atoms with E-state index in [9.17, 15) is 14.3 Å². The van der Waals surface area contributed by atoms with Crippen LogP contribution in [0.4, 0.5) is 23.8 Å². The van der Waals surface area contributed by atoms with Crippen molar-refractivity contribution in [2.75, 3.05) is 44.2 Å². The van der Waals surface area contributed by atoms with Crippen molar-refractivity contribution in [3.8, 4) is 22.9 Å². The third-order valence-corrected chi connectivity index (χ3v) is 11.4. The van der Waals surface area contributed by atoms with Gasteiger partial charge in [-0.25, -0.2) is 22.9 Å². The number of alkyl halides is 1. The number of carbonyl (C=O) groups is 1. The van der Waals surface area contributed by atoms with Crippen molar-refractivity contribution >= 4 is 39.6 Å². The minimum atomic E-state index is -0.948. The Hall–Kier alpha value is -5.24. The van der Waals surface area contributed by atoms with Gasteiger partial charge < -0.3 is 19.6 Å². The Bertz CT molecular complexity index is 2230. The number of ether oxygens (including phenoxy) is 1. The van der Waals surface area contributed by atoms with Crippen LogP contribution in [-0.4, -0.2) is 102 Å². The molecule has 3 atom stereocenters. The second-order valence-electron chi connectivity index (χ2n) is 14.2. The van der Waals surface area contributed by atoms with E-state index in [-0.39, 0.29) is 46.6 Å². The van der Waals surface area contributed by atoms with Gasteiger partial charge in [-0.15, -0.1) is 0 Å². The van der Waals surface area contributed by atoms with Crippen LogP contribution in [0.15, 0.2) is 55.6 Å². The number of likely N-dealkylation sites (tertiary alicyclic amines) is 1. The summed E-state index contributed by atoms with van der Waals surface area (Å²) in [5, 5.41) is 16.0. The average Bonchev–Trinajstić information content (AvgIpc) is 3.92. The van der Waals surface area contributed by atoms with E-state index in [1.54, 1.807) is 17.0 Å². The summed E-state index contributed by atoms with van der Waals surface area (Å²) in [5.74, 6) is -0.879. The van der Waals surface area contributed by atoms with Gasteiger partial charge in [-0.3, -0.25) is 4.90 Å². The molecule has 4 fully saturated rings. The Kier molecular flexibility index (Phi) is 7.25. The van der Waals surface area contributed by atoms with Gasteiger partial charge in [0, 0.05) is 54.5 Å². The van der Waals surface area contributed by atoms with E-state index in [0.717, 1.165) is 25.8 Å². The van der Waals surface area contributed by atoms with Crippen molar-refractivity contribution in [1.82, 2.24) is 34.5 Å². The van der Waals surface area contributed by atoms with E-state index in [1.165, 1.54) is 47.7 Å². The molecule has 51 heavy (non-hydrogen) atoms. The van der Waals surface area contributed by atoms with Crippen LogP contribution >= 0.6 is 0 Å². The smallest absolute Gasteiger partial charge is 0.346 e. The minimum absolute atomic E-state index is 0.0128. The summed E-state index contributed by atoms with van der Waals surface area (Å²) < 4.78 is 54.2. The molecule has 9 rings (SSSR count). The zero-order chi connectivity index (χ0) is 35.1. The summed E-state index contributed by atoms with van der Waals surface area (Å²) in [6.07, 6.45) is 6.64. The highest BCUT2D eigenvalue weighted by Gasteiger charge is 2.53. The van der Waals surface area contributed by atoms with E-state index in [4.69, 9.17) is 9.72 Å². The number of amides is 1. The fourth-order valence-electron chi connectivity index (χ4n) is 8.88. The number of rotatable bonds is 6. The number of carbonyl (C=O) groups excluding carboxylic acids is 1. The van der Waals surface area contributed by atoms with Crippen LogP contribution < -0.4 is 9.64 Å². The monoisotopic (exact) mass is 696 g/mol. The van der Waals surface area contributed by atoms with Gasteiger partial charge in [0.15, 0.2) is 5.82 Å². The van der Waals surface area contributed by atoms with Gasteiger partial charge in [-0.2, -0.15) is 19.7 Å². The summed E-state index contributed by atoms with van der Waals surface area (Å²) in [4.78, 5) is 32.6. The lowest BCUT2D eigenvalue weighted by Crippen LogP contribution is -2.64. The van der Waals surface area contributed by atoms with E-state index < -0.39 is 28.9 Å². The Morgan fingerprint density at radius 3 is 2.73 bits per heavy atom. The van der Waals surface area contributed by atoms with Crippen molar-refractivity contribution in [3.63, 3.8) is 0 Å². The Labute approximate surface area is 291 Å². The molecule has 2 unspecified atom stereocenters. The molecule has 6 heterocycles. The number of nitrogens with zero attached hydrogens (tertiary/aromatic N) is 8. The number of benzene rings is 3. The standard InChI is InChI=1S/C37H35F3N8O3/c1-2-25-29(39)7-4-22-14-24(49)15-28(30(22)25)26-5-6-27-32(31(26)40)43-34(51-19-37-8-3-11-46(37)17-23(38)16-37)44-33(27)45-12-9-36(18-45)10-13-47(36)35(50)48-21-41-20-42-48/h2,4-7,14-15,20-21,23,49H,1,3,8-13,16-19H2/t23?,36?,37-/m0/s1. The van der Waals surface area contributed by atoms with E-state index in [0.29, 0.717) is 61.0 Å². The van der Waals surface area contributed by atoms with Crippen LogP contribution in [0.5, 0.6) is 11.8 Å². The molecule has 14 heteroatoms. The fraction of sp³-hybridized carbons (Fsp3) is 0.378. The van der Waals surface area contributed by atoms with Crippen molar-refractivity contribution in [2.24, 2.45) is 0 Å². The topological polar surface area (TPSA) is 113 Å². The van der Waals surface area contributed by atoms with Gasteiger partial charge in [-0.1, -0.05) is 24.8 Å². The number of anilines is 1. The number of aromatic nitrogens is 5. The molecule has 262 valence electrons. The van der Waals surface area contributed by atoms with Crippen LogP contribution in [0, 0.1) is 11.6 Å². The highest BCUT2D eigenvalue weighted by Crippen LogP contribution is 2.45. The molecule has 4 saturated heterocycles. The number of aromatic hydroxyl groups is 1. The summed E-state index contributed by atoms with van der Waals surface area (Å²) in [7, 11) is 0. The first-order valence-electron chi connectivity index (χ1n) is 17.2. The molecular weight excluding hydrogens is 661 g/mol. The van der Waals surface area contributed by atoms with E-state index in [2.05, 4.69) is 26.5 Å². The van der Waals surface area contributed by atoms with Crippen molar-refractivity contribution in [2.45, 2.75) is 49.4 Å². The third kappa shape index (κ3) is 4.94. The summed E-state index contributed by atoms with van der Waals surface area (Å²) in [6.45, 7) is 6.63. The molecule has 1 amide bonds. The number of hydrogen-bond acceptors (Lipinski definition) is 9. The molecule has 0 saturated carbocycles. The fourth-order valence-corrected chi connectivity index (χ4v) is 8.88. The Morgan fingerprint density at radius 2 is 1.94 bits per heavy atom. The second kappa shape index (κ2) is 11.7. The molecule has 2 aromatic heterocycles. The van der Waals surface area contributed by atoms with Gasteiger partial charge in [-0.05, 0) is 67.4 Å². The van der Waals surface area contributed by atoms with Gasteiger partial charge in [0.1, 0.15) is 48.3 Å². The Morgan fingerprint density at radius 1 is 1.08 bits per heavy atom. The minimum Gasteiger partial charge on any atom is -0.508 e. The number of fused-ring (bicyclic) bond motifs is 3. The number of phenolic OH excluding ortho intramolecular Hbond substituents is 1. The molecule has 0 radical (unpaired) electrons. The predicted octanol–water partition coefficient (Wildman–Crippen LogP) is 5.95. The molecule has 4 aliphatic heterocycles. The molecule has 5 aromatic rings. The average molecular weight is 697 g/mol. The Balaban J connectivity index is 1.15. The van der Waals surface area contributed by atoms with Crippen LogP contribution in [0.25, 0.3) is 38.9 Å². The molecule has 1 N–H and O–H groups in total. The van der Waals surface area contributed by atoms with E-state index >= 15 is 8.78 Å². The number of hydrogen-bond donors (Lipinski definition) is 1. The lowest BCUT2D eigenvalue weighted by molar-refractivity contribution is 0.0400. The largest absolute Gasteiger partial charge is 0.508 e. The summed E-state index contributed by atoms with van der Waals surface area (Å²) >= 11 is 0. The number of halogens is 3. The van der Waals surface area contributed by atoms with Crippen LogP contribution in [0.1, 0.15) is 37.7 Å². The first-order chi connectivity index (χ1) is 24.7. The number of phenols is 1. The summed E-state index contributed by atoms with van der Waals surface area (Å²) in [6, 6.07) is 8.72. The summed E-state index contributed by atoms with van der Waals surface area (Å²) in [5.41, 5.74) is -0.388. The highest BCUT2D eigenvalue weighted by molar-refractivity contribution is 6.05. The maximum absolute atomic E-state index is 17.1. The van der Waals surface area contributed by atoms with Crippen LogP contribution in [0.3, 0.4) is 0 Å². The molecule has 0 bridgehead atoms. The lowest BCUT2D eigenvalue weighted by Gasteiger charge is -2.50. The van der Waals surface area contributed by atoms with Gasteiger partial charge in [0.05, 0.1) is 11.1 Å². The molecule has 0 aliphatic carbocycles. The van der Waals surface area contributed by atoms with Gasteiger partial charge in [0.2, 0.25) is 0 Å². The van der Waals surface area contributed by atoms with Gasteiger partial charge in [0.25, 0.3) is 0 Å². The van der Waals surface area contributed by atoms with E-state index in [1.807, 2.05) is 4.90 Å². The normalized spacial score (nSPS) is 24.5. The molecule has 4 aliphatic rings. The highest BCUT2D eigenvalue weighted by atomic mass is 19.1. The van der Waals surface area contributed by atoms with Crippen LogP contribution in [0.2, 0.25) is 0 Å². The maximum atomic E-state index is 17.1. The lowest BCUT2D eigenvalue weighted by atomic mass is 9.84. The zero-order valence-electron chi connectivity index (χ0n) is 27.7. The third-order valence-electron chi connectivity index (χ3n) is 11.4. The molecule has 3 aromatic carbocycles. The quantitative estimate of drug-likeness (QED) is 0.230. The molecule has 11 nitrogen and oxygen atoms in total. The molecule has 1 spiro atoms. The first kappa shape index (κ1) is 31.7. The predicted molar refractivity (Wildman–Crippen MR) is 184 cm³/mol. The molecular formula is C37H35F3N8O3. The van der Waals surface area contributed by atoms with Crippen molar-refractivity contribution < 1.29 is 27.8 Å².